The molecule has 3 nitrogen and oxygen atoms in total. The van der Waals surface area contributed by atoms with Crippen molar-refractivity contribution < 1.29 is 0 Å². The summed E-state index contributed by atoms with van der Waals surface area (Å²) in [5.41, 5.74) is 3.46. The summed E-state index contributed by atoms with van der Waals surface area (Å²) in [6, 6.07) is 8.62. The molecule has 0 aliphatic rings. The molecule has 18 heavy (non-hydrogen) atoms. The van der Waals surface area contributed by atoms with Crippen molar-refractivity contribution in [3.8, 4) is 0 Å². The van der Waals surface area contributed by atoms with Crippen LogP contribution in [0, 0.1) is 13.8 Å². The van der Waals surface area contributed by atoms with Gasteiger partial charge < -0.3 is 5.32 Å². The summed E-state index contributed by atoms with van der Waals surface area (Å²) in [6.07, 6.45) is 1.72. The Morgan fingerprint density at radius 3 is 2.50 bits per heavy atom. The SMILES string of the molecule is Cc1ccc(C(C)Nc2nc(Cl)ncc2C)cc1. The van der Waals surface area contributed by atoms with Crippen LogP contribution < -0.4 is 5.32 Å². The van der Waals surface area contributed by atoms with Crippen LogP contribution in [-0.2, 0) is 0 Å². The highest BCUT2D eigenvalue weighted by molar-refractivity contribution is 6.28. The molecule has 2 aromatic rings. The zero-order valence-corrected chi connectivity index (χ0v) is 11.5. The van der Waals surface area contributed by atoms with E-state index in [4.69, 9.17) is 11.6 Å². The summed E-state index contributed by atoms with van der Waals surface area (Å²) in [5, 5.41) is 3.61. The van der Waals surface area contributed by atoms with Crippen molar-refractivity contribution in [2.75, 3.05) is 5.32 Å². The minimum Gasteiger partial charge on any atom is -0.363 e. The monoisotopic (exact) mass is 261 g/mol. The topological polar surface area (TPSA) is 37.8 Å². The van der Waals surface area contributed by atoms with Crippen molar-refractivity contribution in [1.82, 2.24) is 9.97 Å². The third kappa shape index (κ3) is 2.99. The summed E-state index contributed by atoms with van der Waals surface area (Å²) in [5.74, 6) is 0.781. The van der Waals surface area contributed by atoms with Crippen molar-refractivity contribution >= 4 is 17.4 Å². The molecule has 2 rings (SSSR count). The molecule has 0 bridgehead atoms. The summed E-state index contributed by atoms with van der Waals surface area (Å²) >= 11 is 5.80. The van der Waals surface area contributed by atoms with Crippen molar-refractivity contribution in [3.05, 3.63) is 52.4 Å². The lowest BCUT2D eigenvalue weighted by Crippen LogP contribution is -2.09. The molecule has 4 heteroatoms. The summed E-state index contributed by atoms with van der Waals surface area (Å²) in [6.45, 7) is 6.14. The Morgan fingerprint density at radius 1 is 1.17 bits per heavy atom. The predicted molar refractivity (Wildman–Crippen MR) is 75.0 cm³/mol. The van der Waals surface area contributed by atoms with E-state index in [1.807, 2.05) is 6.92 Å². The third-order valence-electron chi connectivity index (χ3n) is 2.87. The number of hydrogen-bond acceptors (Lipinski definition) is 3. The minimum atomic E-state index is 0.176. The molecule has 0 amide bonds. The van der Waals surface area contributed by atoms with Crippen LogP contribution in [0.15, 0.2) is 30.5 Å². The summed E-state index contributed by atoms with van der Waals surface area (Å²) in [4.78, 5) is 8.14. The molecule has 1 N–H and O–H groups in total. The van der Waals surface area contributed by atoms with Gasteiger partial charge in [0.25, 0.3) is 0 Å². The largest absolute Gasteiger partial charge is 0.363 e. The van der Waals surface area contributed by atoms with Crippen LogP contribution >= 0.6 is 11.6 Å². The fraction of sp³-hybridized carbons (Fsp3) is 0.286. The number of nitrogens with zero attached hydrogens (tertiary/aromatic N) is 2. The molecular weight excluding hydrogens is 246 g/mol. The van der Waals surface area contributed by atoms with Gasteiger partial charge >= 0.3 is 0 Å². The number of hydrogen-bond donors (Lipinski definition) is 1. The van der Waals surface area contributed by atoms with Crippen LogP contribution in [0.1, 0.15) is 29.7 Å². The quantitative estimate of drug-likeness (QED) is 0.851. The van der Waals surface area contributed by atoms with Gasteiger partial charge in [0.1, 0.15) is 5.82 Å². The van der Waals surface area contributed by atoms with Gasteiger partial charge in [-0.1, -0.05) is 29.8 Å². The van der Waals surface area contributed by atoms with E-state index in [2.05, 4.69) is 53.4 Å². The van der Waals surface area contributed by atoms with Gasteiger partial charge in [0.05, 0.1) is 0 Å². The Labute approximate surface area is 112 Å². The molecule has 1 aromatic carbocycles. The Morgan fingerprint density at radius 2 is 1.83 bits per heavy atom. The van der Waals surface area contributed by atoms with E-state index in [9.17, 15) is 0 Å². The average molecular weight is 262 g/mol. The molecule has 1 unspecified atom stereocenters. The number of rotatable bonds is 3. The Hall–Kier alpha value is -1.61. The van der Waals surface area contributed by atoms with Crippen molar-refractivity contribution in [3.63, 3.8) is 0 Å². The Bertz CT molecular complexity index is 537. The fourth-order valence-corrected chi connectivity index (χ4v) is 1.84. The van der Waals surface area contributed by atoms with Gasteiger partial charge in [-0.05, 0) is 37.9 Å². The van der Waals surface area contributed by atoms with Gasteiger partial charge in [-0.25, -0.2) is 9.97 Å². The highest BCUT2D eigenvalue weighted by Gasteiger charge is 2.08. The normalized spacial score (nSPS) is 12.2. The van der Waals surface area contributed by atoms with Crippen LogP contribution in [0.25, 0.3) is 0 Å². The molecule has 0 saturated carbocycles. The molecule has 1 aromatic heterocycles. The lowest BCUT2D eigenvalue weighted by molar-refractivity contribution is 0.867. The van der Waals surface area contributed by atoms with E-state index in [0.29, 0.717) is 0 Å². The predicted octanol–water partition coefficient (Wildman–Crippen LogP) is 3.92. The van der Waals surface area contributed by atoms with Gasteiger partial charge in [-0.2, -0.15) is 0 Å². The van der Waals surface area contributed by atoms with Gasteiger partial charge in [-0.15, -0.1) is 0 Å². The first-order valence-corrected chi connectivity index (χ1v) is 6.26. The Kier molecular flexibility index (Phi) is 3.82. The van der Waals surface area contributed by atoms with Crippen LogP contribution in [0.5, 0.6) is 0 Å². The average Bonchev–Trinajstić information content (AvgIpc) is 2.34. The first kappa shape index (κ1) is 12.8. The lowest BCUT2D eigenvalue weighted by Gasteiger charge is -2.16. The molecule has 0 spiro atoms. The van der Waals surface area contributed by atoms with E-state index in [1.165, 1.54) is 11.1 Å². The number of aryl methyl sites for hydroxylation is 2. The molecule has 0 saturated heterocycles. The molecule has 0 radical (unpaired) electrons. The molecule has 1 atom stereocenters. The minimum absolute atomic E-state index is 0.176. The van der Waals surface area contributed by atoms with E-state index < -0.39 is 0 Å². The van der Waals surface area contributed by atoms with Gasteiger partial charge in [-0.3, -0.25) is 0 Å². The van der Waals surface area contributed by atoms with Gasteiger partial charge in [0, 0.05) is 17.8 Å². The van der Waals surface area contributed by atoms with E-state index in [0.717, 1.165) is 11.4 Å². The number of aromatic nitrogens is 2. The fourth-order valence-electron chi connectivity index (χ4n) is 1.71. The highest BCUT2D eigenvalue weighted by Crippen LogP contribution is 2.21. The van der Waals surface area contributed by atoms with Crippen LogP contribution in [-0.4, -0.2) is 9.97 Å². The zero-order chi connectivity index (χ0) is 13.1. The first-order chi connectivity index (χ1) is 8.56. The molecule has 94 valence electrons. The zero-order valence-electron chi connectivity index (χ0n) is 10.7. The number of nitrogens with one attached hydrogen (secondary N) is 1. The second-order valence-corrected chi connectivity index (χ2v) is 4.79. The van der Waals surface area contributed by atoms with Crippen LogP contribution in [0.4, 0.5) is 5.82 Å². The second kappa shape index (κ2) is 5.36. The van der Waals surface area contributed by atoms with Crippen LogP contribution in [0.2, 0.25) is 5.28 Å². The van der Waals surface area contributed by atoms with Crippen molar-refractivity contribution in [2.24, 2.45) is 0 Å². The molecular formula is C14H16ClN3. The maximum absolute atomic E-state index is 5.80. The van der Waals surface area contributed by atoms with Crippen molar-refractivity contribution in [1.29, 1.82) is 0 Å². The molecule has 0 fully saturated rings. The maximum Gasteiger partial charge on any atom is 0.224 e. The van der Waals surface area contributed by atoms with E-state index in [1.54, 1.807) is 6.20 Å². The highest BCUT2D eigenvalue weighted by atomic mass is 35.5. The number of benzene rings is 1. The lowest BCUT2D eigenvalue weighted by atomic mass is 10.1. The number of halogens is 1. The van der Waals surface area contributed by atoms with E-state index >= 15 is 0 Å². The van der Waals surface area contributed by atoms with E-state index in [-0.39, 0.29) is 11.3 Å². The standard InChI is InChI=1S/C14H16ClN3/c1-9-4-6-12(7-5-9)11(3)17-13-10(2)8-16-14(15)18-13/h4-8,11H,1-3H3,(H,16,17,18). The van der Waals surface area contributed by atoms with Crippen molar-refractivity contribution in [2.45, 2.75) is 26.8 Å². The summed E-state index contributed by atoms with van der Waals surface area (Å²) in [7, 11) is 0. The van der Waals surface area contributed by atoms with Gasteiger partial charge in [0.15, 0.2) is 0 Å². The second-order valence-electron chi connectivity index (χ2n) is 4.45. The maximum atomic E-state index is 5.80. The van der Waals surface area contributed by atoms with Crippen LogP contribution in [0.3, 0.4) is 0 Å². The summed E-state index contributed by atoms with van der Waals surface area (Å²) < 4.78 is 0. The molecule has 0 aliphatic carbocycles. The first-order valence-electron chi connectivity index (χ1n) is 5.88. The van der Waals surface area contributed by atoms with Gasteiger partial charge in [0.2, 0.25) is 5.28 Å². The molecule has 1 heterocycles. The molecule has 0 aliphatic heterocycles. The number of anilines is 1. The third-order valence-corrected chi connectivity index (χ3v) is 3.05. The Balaban J connectivity index is 2.18. The smallest absolute Gasteiger partial charge is 0.224 e.